The third-order valence-corrected chi connectivity index (χ3v) is 8.44. The highest BCUT2D eigenvalue weighted by Gasteiger charge is 2.19. The Morgan fingerprint density at radius 1 is 0.423 bits per heavy atom. The van der Waals surface area contributed by atoms with Crippen LogP contribution in [0.5, 0.6) is 0 Å². The van der Waals surface area contributed by atoms with Crippen molar-refractivity contribution in [3.63, 3.8) is 0 Å². The molecule has 52 heavy (non-hydrogen) atoms. The molecule has 1 atom stereocenters. The Kier molecular flexibility index (Phi) is 38.2. The fourth-order valence-corrected chi connectivity index (χ4v) is 5.26. The molecular formula is C46H76O6. The number of ether oxygens (including phenoxy) is 3. The van der Waals surface area contributed by atoms with Gasteiger partial charge in [0.1, 0.15) is 13.2 Å². The van der Waals surface area contributed by atoms with Crippen LogP contribution in [-0.2, 0) is 28.6 Å². The minimum absolute atomic E-state index is 0.108. The van der Waals surface area contributed by atoms with Crippen molar-refractivity contribution >= 4 is 17.9 Å². The molecule has 0 saturated heterocycles. The van der Waals surface area contributed by atoms with E-state index in [2.05, 4.69) is 93.7 Å². The highest BCUT2D eigenvalue weighted by molar-refractivity contribution is 5.71. The van der Waals surface area contributed by atoms with E-state index in [9.17, 15) is 14.4 Å². The van der Waals surface area contributed by atoms with Crippen LogP contribution in [0.1, 0.15) is 181 Å². The van der Waals surface area contributed by atoms with Gasteiger partial charge in [-0.2, -0.15) is 0 Å². The molecule has 6 heteroatoms. The molecule has 0 saturated carbocycles. The Hall–Kier alpha value is -3.15. The van der Waals surface area contributed by atoms with Crippen molar-refractivity contribution in [3.05, 3.63) is 72.9 Å². The van der Waals surface area contributed by atoms with Gasteiger partial charge < -0.3 is 14.2 Å². The molecular weight excluding hydrogens is 648 g/mol. The van der Waals surface area contributed by atoms with Crippen molar-refractivity contribution in [2.75, 3.05) is 13.2 Å². The number of rotatable bonds is 36. The number of carbonyl (C=O) groups excluding carboxylic acids is 3. The van der Waals surface area contributed by atoms with E-state index in [-0.39, 0.29) is 37.5 Å². The van der Waals surface area contributed by atoms with E-state index < -0.39 is 6.10 Å². The lowest BCUT2D eigenvalue weighted by molar-refractivity contribution is -0.167. The van der Waals surface area contributed by atoms with Crippen LogP contribution in [0.4, 0.5) is 0 Å². The average molecular weight is 725 g/mol. The van der Waals surface area contributed by atoms with E-state index in [0.29, 0.717) is 19.3 Å². The van der Waals surface area contributed by atoms with Gasteiger partial charge in [0.15, 0.2) is 6.10 Å². The van der Waals surface area contributed by atoms with E-state index in [0.717, 1.165) is 96.3 Å². The van der Waals surface area contributed by atoms with Crippen LogP contribution in [0, 0.1) is 0 Å². The summed E-state index contributed by atoms with van der Waals surface area (Å²) in [5.41, 5.74) is 0. The number of allylic oxidation sites excluding steroid dienone is 12. The summed E-state index contributed by atoms with van der Waals surface area (Å²) in [5, 5.41) is 0. The van der Waals surface area contributed by atoms with Gasteiger partial charge in [0.05, 0.1) is 0 Å². The highest BCUT2D eigenvalue weighted by atomic mass is 16.6. The summed E-state index contributed by atoms with van der Waals surface area (Å²) in [6.07, 6.45) is 48.9. The molecule has 0 fully saturated rings. The molecule has 296 valence electrons. The second-order valence-corrected chi connectivity index (χ2v) is 13.5. The molecule has 0 aromatic rings. The molecule has 0 bridgehead atoms. The summed E-state index contributed by atoms with van der Waals surface area (Å²) in [7, 11) is 0. The van der Waals surface area contributed by atoms with Gasteiger partial charge >= 0.3 is 17.9 Å². The molecule has 0 aliphatic carbocycles. The number of hydrogen-bond donors (Lipinski definition) is 0. The molecule has 0 radical (unpaired) electrons. The molecule has 0 aromatic carbocycles. The largest absolute Gasteiger partial charge is 0.462 e. The SMILES string of the molecule is CC/C=C\C/C=C\C/C=C\CCCCCCC(=O)OCC(COC(=O)CCC/C=C\CCCCCC)OC(=O)CCCCC/C=C\C=C/CCCC. The van der Waals surface area contributed by atoms with Crippen molar-refractivity contribution < 1.29 is 28.6 Å². The molecule has 0 N–H and O–H groups in total. The van der Waals surface area contributed by atoms with Crippen LogP contribution >= 0.6 is 0 Å². The summed E-state index contributed by atoms with van der Waals surface area (Å²) in [5.74, 6) is -1.00. The van der Waals surface area contributed by atoms with Gasteiger partial charge in [0.2, 0.25) is 0 Å². The van der Waals surface area contributed by atoms with Gasteiger partial charge in [-0.25, -0.2) is 0 Å². The lowest BCUT2D eigenvalue weighted by Crippen LogP contribution is -2.30. The molecule has 0 aliphatic heterocycles. The summed E-state index contributed by atoms with van der Waals surface area (Å²) < 4.78 is 16.5. The third kappa shape index (κ3) is 38.1. The standard InChI is InChI=1S/C46H76O6/c1-4-7-10-13-16-19-21-22-23-25-27-30-33-36-39-45(48)51-42-43(41-50-44(47)38-35-32-29-26-18-15-12-9-6-3)52-46(49)40-37-34-31-28-24-20-17-14-11-8-5-2/h7,10,14,16-17,19-20,22-24,26,29,43H,4-6,8-9,11-13,15,18,21,25,27-28,30-42H2,1-3H3/b10-7-,17-14-,19-16-,23-22-,24-20-,29-26-. The maximum Gasteiger partial charge on any atom is 0.306 e. The Morgan fingerprint density at radius 3 is 1.44 bits per heavy atom. The van der Waals surface area contributed by atoms with Crippen LogP contribution in [0.15, 0.2) is 72.9 Å². The molecule has 0 aromatic heterocycles. The van der Waals surface area contributed by atoms with Crippen molar-refractivity contribution in [1.29, 1.82) is 0 Å². The number of unbranched alkanes of at least 4 members (excludes halogenated alkanes) is 14. The van der Waals surface area contributed by atoms with Crippen LogP contribution in [0.25, 0.3) is 0 Å². The van der Waals surface area contributed by atoms with E-state index in [4.69, 9.17) is 14.2 Å². The topological polar surface area (TPSA) is 78.9 Å². The summed E-state index contributed by atoms with van der Waals surface area (Å²) in [6, 6.07) is 0. The Bertz CT molecular complexity index is 1020. The quantitative estimate of drug-likeness (QED) is 0.0210. The van der Waals surface area contributed by atoms with Gasteiger partial charge in [-0.15, -0.1) is 0 Å². The summed E-state index contributed by atoms with van der Waals surface area (Å²) in [6.45, 7) is 6.33. The number of carbonyl (C=O) groups is 3. The second kappa shape index (κ2) is 40.6. The Labute approximate surface area is 319 Å². The van der Waals surface area contributed by atoms with Crippen LogP contribution in [0.2, 0.25) is 0 Å². The van der Waals surface area contributed by atoms with Crippen LogP contribution in [-0.4, -0.2) is 37.2 Å². The Morgan fingerprint density at radius 2 is 0.846 bits per heavy atom. The minimum atomic E-state index is -0.805. The molecule has 6 nitrogen and oxygen atoms in total. The average Bonchev–Trinajstić information content (AvgIpc) is 3.14. The highest BCUT2D eigenvalue weighted by Crippen LogP contribution is 2.11. The van der Waals surface area contributed by atoms with E-state index >= 15 is 0 Å². The first-order valence-electron chi connectivity index (χ1n) is 21.0. The molecule has 0 heterocycles. The lowest BCUT2D eigenvalue weighted by atomic mass is 10.1. The normalized spacial score (nSPS) is 12.8. The first-order chi connectivity index (χ1) is 25.5. The zero-order valence-corrected chi connectivity index (χ0v) is 33.5. The van der Waals surface area contributed by atoms with Crippen molar-refractivity contribution in [3.8, 4) is 0 Å². The maximum absolute atomic E-state index is 12.6. The number of esters is 3. The summed E-state index contributed by atoms with van der Waals surface area (Å²) >= 11 is 0. The van der Waals surface area contributed by atoms with Crippen molar-refractivity contribution in [2.24, 2.45) is 0 Å². The minimum Gasteiger partial charge on any atom is -0.462 e. The van der Waals surface area contributed by atoms with Gasteiger partial charge in [-0.1, -0.05) is 145 Å². The third-order valence-electron chi connectivity index (χ3n) is 8.44. The first-order valence-corrected chi connectivity index (χ1v) is 21.0. The van der Waals surface area contributed by atoms with Crippen molar-refractivity contribution in [1.82, 2.24) is 0 Å². The second-order valence-electron chi connectivity index (χ2n) is 13.5. The fourth-order valence-electron chi connectivity index (χ4n) is 5.26. The van der Waals surface area contributed by atoms with E-state index in [1.165, 1.54) is 38.5 Å². The van der Waals surface area contributed by atoms with Gasteiger partial charge in [0, 0.05) is 19.3 Å². The van der Waals surface area contributed by atoms with E-state index in [1.807, 2.05) is 0 Å². The summed E-state index contributed by atoms with van der Waals surface area (Å²) in [4.78, 5) is 37.5. The van der Waals surface area contributed by atoms with Gasteiger partial charge in [-0.3, -0.25) is 14.4 Å². The molecule has 0 spiro atoms. The zero-order chi connectivity index (χ0) is 38.0. The fraction of sp³-hybridized carbons (Fsp3) is 0.674. The molecule has 0 amide bonds. The van der Waals surface area contributed by atoms with Gasteiger partial charge in [0.25, 0.3) is 0 Å². The number of hydrogen-bond acceptors (Lipinski definition) is 6. The zero-order valence-electron chi connectivity index (χ0n) is 33.5. The van der Waals surface area contributed by atoms with Gasteiger partial charge in [-0.05, 0) is 89.9 Å². The Balaban J connectivity index is 4.48. The lowest BCUT2D eigenvalue weighted by Gasteiger charge is -2.18. The predicted octanol–water partition coefficient (Wildman–Crippen LogP) is 13.1. The molecule has 1 unspecified atom stereocenters. The molecule has 0 rings (SSSR count). The van der Waals surface area contributed by atoms with Crippen LogP contribution in [0.3, 0.4) is 0 Å². The van der Waals surface area contributed by atoms with Crippen molar-refractivity contribution in [2.45, 2.75) is 187 Å². The predicted molar refractivity (Wildman–Crippen MR) is 219 cm³/mol. The molecule has 0 aliphatic rings. The van der Waals surface area contributed by atoms with E-state index in [1.54, 1.807) is 0 Å². The maximum atomic E-state index is 12.6. The van der Waals surface area contributed by atoms with Crippen LogP contribution < -0.4 is 0 Å². The first kappa shape index (κ1) is 48.9. The smallest absolute Gasteiger partial charge is 0.306 e. The monoisotopic (exact) mass is 725 g/mol.